The molecule has 2 fully saturated rings. The third-order valence-electron chi connectivity index (χ3n) is 7.28. The SMILES string of the molecule is CC(C)(C)OC(=O)NC[C@]1(Cc2cccc(Cl)c2)CC[C@@H](N2CCN(c3ccc(C#N)cc3)C2=O)CC1. The van der Waals surface area contributed by atoms with E-state index in [0.29, 0.717) is 30.2 Å². The van der Waals surface area contributed by atoms with Gasteiger partial charge in [-0.2, -0.15) is 5.26 Å². The molecule has 0 spiro atoms. The molecule has 1 saturated carbocycles. The van der Waals surface area contributed by atoms with Gasteiger partial charge in [-0.05, 0) is 100 Å². The highest BCUT2D eigenvalue weighted by atomic mass is 35.5. The Morgan fingerprint density at radius 1 is 1.16 bits per heavy atom. The average molecular weight is 523 g/mol. The van der Waals surface area contributed by atoms with Gasteiger partial charge in [0.15, 0.2) is 0 Å². The lowest BCUT2D eigenvalue weighted by molar-refractivity contribution is 0.0464. The number of hydrogen-bond donors (Lipinski definition) is 1. The highest BCUT2D eigenvalue weighted by molar-refractivity contribution is 6.30. The van der Waals surface area contributed by atoms with Gasteiger partial charge in [0.1, 0.15) is 5.60 Å². The normalized spacial score (nSPS) is 22.0. The molecular weight excluding hydrogens is 488 g/mol. The zero-order valence-electron chi connectivity index (χ0n) is 21.8. The van der Waals surface area contributed by atoms with Gasteiger partial charge in [0.25, 0.3) is 0 Å². The number of anilines is 1. The van der Waals surface area contributed by atoms with E-state index in [0.717, 1.165) is 43.4 Å². The molecule has 37 heavy (non-hydrogen) atoms. The molecule has 196 valence electrons. The molecule has 7 nitrogen and oxygen atoms in total. The Kier molecular flexibility index (Phi) is 7.99. The van der Waals surface area contributed by atoms with Crippen LogP contribution in [0, 0.1) is 16.7 Å². The quantitative estimate of drug-likeness (QED) is 0.493. The lowest BCUT2D eigenvalue weighted by Crippen LogP contribution is -2.48. The third kappa shape index (κ3) is 6.75. The van der Waals surface area contributed by atoms with Crippen LogP contribution in [-0.2, 0) is 11.2 Å². The molecule has 1 aliphatic carbocycles. The zero-order valence-corrected chi connectivity index (χ0v) is 22.6. The number of hydrogen-bond acceptors (Lipinski definition) is 4. The summed E-state index contributed by atoms with van der Waals surface area (Å²) in [5, 5.41) is 12.8. The van der Waals surface area contributed by atoms with E-state index < -0.39 is 11.7 Å². The van der Waals surface area contributed by atoms with E-state index in [2.05, 4.69) is 17.5 Å². The number of carbonyl (C=O) groups is 2. The van der Waals surface area contributed by atoms with E-state index in [-0.39, 0.29) is 17.5 Å². The van der Waals surface area contributed by atoms with E-state index in [1.165, 1.54) is 0 Å². The Balaban J connectivity index is 1.43. The number of nitrogens with one attached hydrogen (secondary N) is 1. The van der Waals surface area contributed by atoms with Crippen LogP contribution in [0.25, 0.3) is 0 Å². The number of alkyl carbamates (subject to hydrolysis) is 1. The molecule has 0 atom stereocenters. The lowest BCUT2D eigenvalue weighted by atomic mass is 9.68. The van der Waals surface area contributed by atoms with Crippen LogP contribution in [0.1, 0.15) is 57.6 Å². The van der Waals surface area contributed by atoms with Crippen molar-refractivity contribution in [1.82, 2.24) is 10.2 Å². The van der Waals surface area contributed by atoms with E-state index in [1.807, 2.05) is 56.0 Å². The molecule has 1 saturated heterocycles. The Bertz CT molecular complexity index is 1160. The minimum atomic E-state index is -0.557. The second-order valence-corrected chi connectivity index (χ2v) is 11.6. The maximum Gasteiger partial charge on any atom is 0.407 e. The fourth-order valence-electron chi connectivity index (χ4n) is 5.44. The molecule has 0 bridgehead atoms. The Morgan fingerprint density at radius 3 is 2.49 bits per heavy atom. The molecule has 2 aromatic rings. The highest BCUT2D eigenvalue weighted by Crippen LogP contribution is 2.41. The number of amides is 3. The van der Waals surface area contributed by atoms with Crippen LogP contribution in [0.5, 0.6) is 0 Å². The van der Waals surface area contributed by atoms with E-state index in [9.17, 15) is 9.59 Å². The van der Waals surface area contributed by atoms with Gasteiger partial charge in [0, 0.05) is 36.4 Å². The smallest absolute Gasteiger partial charge is 0.407 e. The van der Waals surface area contributed by atoms with Gasteiger partial charge in [0.05, 0.1) is 11.6 Å². The largest absolute Gasteiger partial charge is 0.444 e. The summed E-state index contributed by atoms with van der Waals surface area (Å²) in [7, 11) is 0. The summed E-state index contributed by atoms with van der Waals surface area (Å²) in [5.41, 5.74) is 1.84. The molecule has 0 radical (unpaired) electrons. The first-order valence-corrected chi connectivity index (χ1v) is 13.2. The van der Waals surface area contributed by atoms with Gasteiger partial charge < -0.3 is 15.0 Å². The molecule has 1 N–H and O–H groups in total. The van der Waals surface area contributed by atoms with Crippen LogP contribution in [-0.4, -0.2) is 48.3 Å². The van der Waals surface area contributed by atoms with Crippen LogP contribution < -0.4 is 10.2 Å². The van der Waals surface area contributed by atoms with E-state index in [1.54, 1.807) is 17.0 Å². The third-order valence-corrected chi connectivity index (χ3v) is 7.52. The second-order valence-electron chi connectivity index (χ2n) is 11.2. The summed E-state index contributed by atoms with van der Waals surface area (Å²) >= 11 is 6.26. The maximum absolute atomic E-state index is 13.3. The minimum absolute atomic E-state index is 0.0175. The molecule has 4 rings (SSSR count). The van der Waals surface area contributed by atoms with Crippen molar-refractivity contribution in [3.63, 3.8) is 0 Å². The predicted molar refractivity (Wildman–Crippen MR) is 145 cm³/mol. The van der Waals surface area contributed by atoms with Gasteiger partial charge in [-0.3, -0.25) is 4.90 Å². The number of urea groups is 1. The Labute approximate surface area is 224 Å². The number of ether oxygens (including phenoxy) is 1. The monoisotopic (exact) mass is 522 g/mol. The van der Waals surface area contributed by atoms with Crippen LogP contribution in [0.15, 0.2) is 48.5 Å². The number of nitrogens with zero attached hydrogens (tertiary/aromatic N) is 3. The highest BCUT2D eigenvalue weighted by Gasteiger charge is 2.41. The zero-order chi connectivity index (χ0) is 26.6. The molecule has 0 aromatic heterocycles. The van der Waals surface area contributed by atoms with Crippen molar-refractivity contribution in [3.05, 3.63) is 64.7 Å². The summed E-state index contributed by atoms with van der Waals surface area (Å²) in [4.78, 5) is 29.5. The average Bonchev–Trinajstić information content (AvgIpc) is 3.23. The molecule has 1 aliphatic heterocycles. The predicted octanol–water partition coefficient (Wildman–Crippen LogP) is 6.15. The van der Waals surface area contributed by atoms with E-state index in [4.69, 9.17) is 21.6 Å². The number of rotatable bonds is 6. The summed E-state index contributed by atoms with van der Waals surface area (Å²) in [6, 6.07) is 17.3. The number of halogens is 1. The summed E-state index contributed by atoms with van der Waals surface area (Å²) in [6.45, 7) is 7.39. The standard InChI is InChI=1S/C29H35ClN4O3/c1-28(2,3)37-26(35)32-20-29(18-22-5-4-6-23(30)17-22)13-11-25(12-14-29)34-16-15-33(27(34)36)24-9-7-21(19-31)8-10-24/h4-10,17,25H,11-16,18,20H2,1-3H3,(H,32,35)/t25-,29-. The first-order chi connectivity index (χ1) is 17.6. The second kappa shape index (κ2) is 11.0. The van der Waals surface area contributed by atoms with Gasteiger partial charge in [-0.1, -0.05) is 23.7 Å². The van der Waals surface area contributed by atoms with Gasteiger partial charge in [-0.15, -0.1) is 0 Å². The minimum Gasteiger partial charge on any atom is -0.444 e. The number of carbonyl (C=O) groups excluding carboxylic acids is 2. The number of nitriles is 1. The van der Waals surface area contributed by atoms with Gasteiger partial charge >= 0.3 is 12.1 Å². The molecule has 2 aliphatic rings. The molecular formula is C29H35ClN4O3. The molecule has 0 unspecified atom stereocenters. The lowest BCUT2D eigenvalue weighted by Gasteiger charge is -2.43. The van der Waals surface area contributed by atoms with Crippen molar-refractivity contribution in [2.45, 2.75) is 64.5 Å². The summed E-state index contributed by atoms with van der Waals surface area (Å²) in [6.07, 6.45) is 3.86. The molecule has 1 heterocycles. The Hall–Kier alpha value is -3.24. The van der Waals surface area contributed by atoms with Crippen LogP contribution in [0.2, 0.25) is 5.02 Å². The van der Waals surface area contributed by atoms with Crippen molar-refractivity contribution >= 4 is 29.4 Å². The molecule has 2 aromatic carbocycles. The van der Waals surface area contributed by atoms with Crippen molar-refractivity contribution in [2.24, 2.45) is 5.41 Å². The van der Waals surface area contributed by atoms with Crippen molar-refractivity contribution in [3.8, 4) is 6.07 Å². The maximum atomic E-state index is 13.3. The molecule has 3 amide bonds. The van der Waals surface area contributed by atoms with Crippen molar-refractivity contribution in [2.75, 3.05) is 24.5 Å². The summed E-state index contributed by atoms with van der Waals surface area (Å²) < 4.78 is 5.48. The van der Waals surface area contributed by atoms with Gasteiger partial charge in [-0.25, -0.2) is 9.59 Å². The van der Waals surface area contributed by atoms with Crippen LogP contribution in [0.4, 0.5) is 15.3 Å². The topological polar surface area (TPSA) is 85.7 Å². The van der Waals surface area contributed by atoms with Crippen LogP contribution >= 0.6 is 11.6 Å². The fourth-order valence-corrected chi connectivity index (χ4v) is 5.66. The molecule has 8 heteroatoms. The van der Waals surface area contributed by atoms with E-state index >= 15 is 0 Å². The first-order valence-electron chi connectivity index (χ1n) is 12.9. The fraction of sp³-hybridized carbons (Fsp3) is 0.483. The Morgan fingerprint density at radius 2 is 1.86 bits per heavy atom. The van der Waals surface area contributed by atoms with Crippen molar-refractivity contribution in [1.29, 1.82) is 5.26 Å². The summed E-state index contributed by atoms with van der Waals surface area (Å²) in [5.74, 6) is 0. The number of benzene rings is 2. The van der Waals surface area contributed by atoms with Crippen molar-refractivity contribution < 1.29 is 14.3 Å². The van der Waals surface area contributed by atoms with Gasteiger partial charge in [0.2, 0.25) is 0 Å². The first kappa shape index (κ1) is 26.8. The van der Waals surface area contributed by atoms with Crippen LogP contribution in [0.3, 0.4) is 0 Å².